The SMILES string of the molecule is CC(N)C(C)C(=O)N1CCC(Oc2ccc(F)cc2)CC1. The molecular weight excluding hydrogens is 271 g/mol. The second kappa shape index (κ2) is 6.89. The number of likely N-dealkylation sites (tertiary alicyclic amines) is 1. The quantitative estimate of drug-likeness (QED) is 0.926. The van der Waals surface area contributed by atoms with Gasteiger partial charge in [0.05, 0.1) is 5.92 Å². The summed E-state index contributed by atoms with van der Waals surface area (Å²) in [4.78, 5) is 14.1. The number of nitrogens with zero attached hydrogens (tertiary/aromatic N) is 1. The number of carbonyl (C=O) groups excluding carboxylic acids is 1. The highest BCUT2D eigenvalue weighted by atomic mass is 19.1. The molecule has 5 heteroatoms. The Kier molecular flexibility index (Phi) is 5.17. The number of benzene rings is 1. The van der Waals surface area contributed by atoms with Crippen molar-refractivity contribution in [2.75, 3.05) is 13.1 Å². The normalized spacial score (nSPS) is 19.1. The van der Waals surface area contributed by atoms with Gasteiger partial charge < -0.3 is 15.4 Å². The standard InChI is InChI=1S/C16H23FN2O2/c1-11(12(2)18)16(20)19-9-7-15(8-10-19)21-14-5-3-13(17)4-6-14/h3-6,11-12,15H,7-10,18H2,1-2H3. The van der Waals surface area contributed by atoms with E-state index in [1.165, 1.54) is 12.1 Å². The van der Waals surface area contributed by atoms with E-state index in [1.54, 1.807) is 12.1 Å². The minimum absolute atomic E-state index is 0.0742. The van der Waals surface area contributed by atoms with Gasteiger partial charge in [-0.25, -0.2) is 4.39 Å². The van der Waals surface area contributed by atoms with Gasteiger partial charge in [-0.1, -0.05) is 6.92 Å². The van der Waals surface area contributed by atoms with Crippen molar-refractivity contribution < 1.29 is 13.9 Å². The van der Waals surface area contributed by atoms with Gasteiger partial charge in [0.1, 0.15) is 17.7 Å². The van der Waals surface area contributed by atoms with Gasteiger partial charge in [-0.2, -0.15) is 0 Å². The lowest BCUT2D eigenvalue weighted by Crippen LogP contribution is -2.47. The van der Waals surface area contributed by atoms with Crippen molar-refractivity contribution in [3.05, 3.63) is 30.1 Å². The van der Waals surface area contributed by atoms with E-state index in [4.69, 9.17) is 10.5 Å². The number of amides is 1. The van der Waals surface area contributed by atoms with E-state index < -0.39 is 0 Å². The van der Waals surface area contributed by atoms with Gasteiger partial charge >= 0.3 is 0 Å². The molecule has 21 heavy (non-hydrogen) atoms. The van der Waals surface area contributed by atoms with Crippen molar-refractivity contribution in [1.29, 1.82) is 0 Å². The van der Waals surface area contributed by atoms with Crippen molar-refractivity contribution in [3.63, 3.8) is 0 Å². The maximum Gasteiger partial charge on any atom is 0.226 e. The van der Waals surface area contributed by atoms with Crippen LogP contribution in [0, 0.1) is 11.7 Å². The molecule has 1 aromatic rings. The van der Waals surface area contributed by atoms with Crippen LogP contribution in [0.15, 0.2) is 24.3 Å². The van der Waals surface area contributed by atoms with Crippen molar-refractivity contribution in [2.24, 2.45) is 11.7 Å². The maximum atomic E-state index is 12.8. The molecule has 1 amide bonds. The van der Waals surface area contributed by atoms with Gasteiger partial charge in [-0.3, -0.25) is 4.79 Å². The van der Waals surface area contributed by atoms with Crippen LogP contribution in [0.2, 0.25) is 0 Å². The third kappa shape index (κ3) is 4.17. The zero-order valence-electron chi connectivity index (χ0n) is 12.6. The molecule has 0 aromatic heterocycles. The number of hydrogen-bond donors (Lipinski definition) is 1. The highest BCUT2D eigenvalue weighted by molar-refractivity contribution is 5.79. The Morgan fingerprint density at radius 3 is 2.38 bits per heavy atom. The third-order valence-electron chi connectivity index (χ3n) is 4.05. The molecular formula is C16H23FN2O2. The van der Waals surface area contributed by atoms with Crippen molar-refractivity contribution in [1.82, 2.24) is 4.90 Å². The van der Waals surface area contributed by atoms with Crippen LogP contribution in [0.1, 0.15) is 26.7 Å². The van der Waals surface area contributed by atoms with Gasteiger partial charge in [0, 0.05) is 32.0 Å². The molecule has 0 radical (unpaired) electrons. The van der Waals surface area contributed by atoms with Crippen molar-refractivity contribution in [3.8, 4) is 5.75 Å². The maximum absolute atomic E-state index is 12.8. The summed E-state index contributed by atoms with van der Waals surface area (Å²) in [5.74, 6) is 0.364. The minimum atomic E-state index is -0.271. The summed E-state index contributed by atoms with van der Waals surface area (Å²) in [5, 5.41) is 0. The lowest BCUT2D eigenvalue weighted by molar-refractivity contribution is -0.137. The molecule has 1 saturated heterocycles. The number of carbonyl (C=O) groups is 1. The van der Waals surface area contributed by atoms with Crippen LogP contribution < -0.4 is 10.5 Å². The summed E-state index contributed by atoms with van der Waals surface area (Å²) in [6.45, 7) is 5.09. The Bertz CT molecular complexity index is 468. The zero-order valence-corrected chi connectivity index (χ0v) is 12.6. The van der Waals surface area contributed by atoms with E-state index in [9.17, 15) is 9.18 Å². The predicted octanol–water partition coefficient (Wildman–Crippen LogP) is 2.18. The van der Waals surface area contributed by atoms with E-state index in [2.05, 4.69) is 0 Å². The second-order valence-corrected chi connectivity index (χ2v) is 5.74. The van der Waals surface area contributed by atoms with Crippen LogP contribution in [0.25, 0.3) is 0 Å². The largest absolute Gasteiger partial charge is 0.490 e. The summed E-state index contributed by atoms with van der Waals surface area (Å²) in [6.07, 6.45) is 1.65. The van der Waals surface area contributed by atoms with Gasteiger partial charge in [-0.15, -0.1) is 0 Å². The van der Waals surface area contributed by atoms with Crippen LogP contribution in [0.3, 0.4) is 0 Å². The molecule has 116 valence electrons. The van der Waals surface area contributed by atoms with Crippen LogP contribution in [-0.2, 0) is 4.79 Å². The van der Waals surface area contributed by atoms with Crippen LogP contribution in [0.5, 0.6) is 5.75 Å². The number of halogens is 1. The number of piperidine rings is 1. The monoisotopic (exact) mass is 294 g/mol. The number of rotatable bonds is 4. The first-order valence-electron chi connectivity index (χ1n) is 7.44. The topological polar surface area (TPSA) is 55.6 Å². The van der Waals surface area contributed by atoms with Crippen molar-refractivity contribution in [2.45, 2.75) is 38.8 Å². The molecule has 4 nitrogen and oxygen atoms in total. The Balaban J connectivity index is 1.83. The van der Waals surface area contributed by atoms with Crippen LogP contribution in [0.4, 0.5) is 4.39 Å². The van der Waals surface area contributed by atoms with E-state index in [-0.39, 0.29) is 29.8 Å². The first-order valence-corrected chi connectivity index (χ1v) is 7.44. The Morgan fingerprint density at radius 1 is 1.29 bits per heavy atom. The molecule has 2 N–H and O–H groups in total. The summed E-state index contributed by atoms with van der Waals surface area (Å²) >= 11 is 0. The zero-order chi connectivity index (χ0) is 15.4. The van der Waals surface area contributed by atoms with Crippen LogP contribution in [-0.4, -0.2) is 36.0 Å². The molecule has 0 bridgehead atoms. The number of hydrogen-bond acceptors (Lipinski definition) is 3. The Labute approximate surface area is 125 Å². The highest BCUT2D eigenvalue weighted by Gasteiger charge is 2.28. The third-order valence-corrected chi connectivity index (χ3v) is 4.05. The van der Waals surface area contributed by atoms with Gasteiger partial charge in [0.15, 0.2) is 0 Å². The van der Waals surface area contributed by atoms with E-state index in [1.807, 2.05) is 18.7 Å². The van der Waals surface area contributed by atoms with E-state index >= 15 is 0 Å². The minimum Gasteiger partial charge on any atom is -0.490 e. The molecule has 2 atom stereocenters. The molecule has 1 aliphatic heterocycles. The number of nitrogens with two attached hydrogens (primary N) is 1. The number of ether oxygens (including phenoxy) is 1. The Hall–Kier alpha value is -1.62. The summed E-state index contributed by atoms with van der Waals surface area (Å²) < 4.78 is 18.7. The molecule has 2 unspecified atom stereocenters. The summed E-state index contributed by atoms with van der Waals surface area (Å²) in [5.41, 5.74) is 5.78. The van der Waals surface area contributed by atoms with Crippen LogP contribution >= 0.6 is 0 Å². The molecule has 0 saturated carbocycles. The molecule has 1 aromatic carbocycles. The molecule has 1 fully saturated rings. The van der Waals surface area contributed by atoms with E-state index in [0.29, 0.717) is 18.8 Å². The Morgan fingerprint density at radius 2 is 1.86 bits per heavy atom. The lowest BCUT2D eigenvalue weighted by atomic mass is 10.0. The fraction of sp³-hybridized carbons (Fsp3) is 0.562. The first-order chi connectivity index (χ1) is 9.97. The fourth-order valence-corrected chi connectivity index (χ4v) is 2.41. The first kappa shape index (κ1) is 15.8. The van der Waals surface area contributed by atoms with Gasteiger partial charge in [0.25, 0.3) is 0 Å². The molecule has 1 heterocycles. The molecule has 2 rings (SSSR count). The van der Waals surface area contributed by atoms with Gasteiger partial charge in [0.2, 0.25) is 5.91 Å². The lowest BCUT2D eigenvalue weighted by Gasteiger charge is -2.34. The average molecular weight is 294 g/mol. The second-order valence-electron chi connectivity index (χ2n) is 5.74. The average Bonchev–Trinajstić information content (AvgIpc) is 2.49. The smallest absolute Gasteiger partial charge is 0.226 e. The molecule has 0 aliphatic carbocycles. The fourth-order valence-electron chi connectivity index (χ4n) is 2.41. The van der Waals surface area contributed by atoms with Crippen molar-refractivity contribution >= 4 is 5.91 Å². The highest BCUT2D eigenvalue weighted by Crippen LogP contribution is 2.20. The molecule has 0 spiro atoms. The summed E-state index contributed by atoms with van der Waals surface area (Å²) in [7, 11) is 0. The summed E-state index contributed by atoms with van der Waals surface area (Å²) in [6, 6.07) is 5.90. The van der Waals surface area contributed by atoms with Gasteiger partial charge in [-0.05, 0) is 31.2 Å². The molecule has 1 aliphatic rings. The predicted molar refractivity (Wildman–Crippen MR) is 79.4 cm³/mol. The van der Waals surface area contributed by atoms with E-state index in [0.717, 1.165) is 12.8 Å².